The lowest BCUT2D eigenvalue weighted by Crippen LogP contribution is -2.65. The van der Waals surface area contributed by atoms with Crippen LogP contribution in [0.2, 0.25) is 0 Å². The Morgan fingerprint density at radius 3 is 2.57 bits per heavy atom. The van der Waals surface area contributed by atoms with Gasteiger partial charge in [-0.2, -0.15) is 0 Å². The third kappa shape index (κ3) is 3.12. The van der Waals surface area contributed by atoms with E-state index in [1.165, 1.54) is 6.42 Å². The van der Waals surface area contributed by atoms with Crippen molar-refractivity contribution >= 4 is 11.8 Å². The second-order valence-electron chi connectivity index (χ2n) is 12.2. The van der Waals surface area contributed by atoms with Crippen LogP contribution in [0.5, 0.6) is 0 Å². The standard InChI is InChI=1S/C26H40O4/c1-16(2)12-17(27)14-26(6,29)18-8-11-24(4)19(18)13-20-22-23(3,15-21(28)30-20)9-7-10-25(22,24)5/h12,18-20,22,29H,7-11,13-15H2,1-6H3/t18-,19+,20+,22+,23+,24+,25+,26+/m0/s1. The minimum absolute atomic E-state index is 0.00263. The zero-order valence-corrected chi connectivity index (χ0v) is 19.7. The monoisotopic (exact) mass is 416 g/mol. The first-order valence-corrected chi connectivity index (χ1v) is 11.9. The summed E-state index contributed by atoms with van der Waals surface area (Å²) in [6.45, 7) is 12.9. The van der Waals surface area contributed by atoms with Crippen LogP contribution in [0.15, 0.2) is 11.6 Å². The Kier molecular flexibility index (Phi) is 5.08. The van der Waals surface area contributed by atoms with Gasteiger partial charge < -0.3 is 9.84 Å². The average Bonchev–Trinajstić information content (AvgIpc) is 2.91. The summed E-state index contributed by atoms with van der Waals surface area (Å²) in [5.41, 5.74) is 0.166. The summed E-state index contributed by atoms with van der Waals surface area (Å²) in [6, 6.07) is 0. The molecule has 8 atom stereocenters. The summed E-state index contributed by atoms with van der Waals surface area (Å²) in [5.74, 6) is 0.679. The molecule has 4 rings (SSSR count). The highest BCUT2D eigenvalue weighted by molar-refractivity contribution is 5.90. The molecule has 0 aromatic heterocycles. The fourth-order valence-electron chi connectivity index (χ4n) is 8.70. The van der Waals surface area contributed by atoms with Gasteiger partial charge in [0.05, 0.1) is 12.0 Å². The number of rotatable bonds is 4. The van der Waals surface area contributed by atoms with Gasteiger partial charge in [0.1, 0.15) is 6.10 Å². The van der Waals surface area contributed by atoms with Crippen LogP contribution in [-0.2, 0) is 14.3 Å². The summed E-state index contributed by atoms with van der Waals surface area (Å²) in [4.78, 5) is 25.0. The number of ether oxygens (including phenoxy) is 1. The molecule has 0 aromatic rings. The van der Waals surface area contributed by atoms with Crippen LogP contribution in [0.4, 0.5) is 0 Å². The third-order valence-corrected chi connectivity index (χ3v) is 9.93. The molecule has 1 saturated heterocycles. The minimum atomic E-state index is -1.04. The zero-order chi connectivity index (χ0) is 22.1. The quantitative estimate of drug-likeness (QED) is 0.504. The van der Waals surface area contributed by atoms with Gasteiger partial charge in [-0.25, -0.2) is 0 Å². The van der Waals surface area contributed by atoms with Crippen molar-refractivity contribution in [3.8, 4) is 0 Å². The Bertz CT molecular complexity index is 778. The molecule has 0 radical (unpaired) electrons. The van der Waals surface area contributed by atoms with Crippen molar-refractivity contribution < 1.29 is 19.4 Å². The van der Waals surface area contributed by atoms with E-state index in [1.54, 1.807) is 6.08 Å². The summed E-state index contributed by atoms with van der Waals surface area (Å²) in [7, 11) is 0. The smallest absolute Gasteiger partial charge is 0.306 e. The lowest BCUT2D eigenvalue weighted by Gasteiger charge is -2.67. The number of ketones is 1. The van der Waals surface area contributed by atoms with E-state index in [-0.39, 0.29) is 52.4 Å². The van der Waals surface area contributed by atoms with Gasteiger partial charge in [-0.1, -0.05) is 32.8 Å². The van der Waals surface area contributed by atoms with E-state index < -0.39 is 5.60 Å². The summed E-state index contributed by atoms with van der Waals surface area (Å²) in [6.07, 6.45) is 8.59. The first-order valence-electron chi connectivity index (χ1n) is 11.9. The van der Waals surface area contributed by atoms with E-state index in [0.29, 0.717) is 12.3 Å². The maximum absolute atomic E-state index is 12.5. The van der Waals surface area contributed by atoms with Crippen LogP contribution in [0.25, 0.3) is 0 Å². The Balaban J connectivity index is 1.68. The van der Waals surface area contributed by atoms with Gasteiger partial charge in [0.2, 0.25) is 0 Å². The second kappa shape index (κ2) is 6.92. The average molecular weight is 417 g/mol. The first-order chi connectivity index (χ1) is 13.8. The molecule has 0 aromatic carbocycles. The predicted molar refractivity (Wildman–Crippen MR) is 117 cm³/mol. The van der Waals surface area contributed by atoms with Crippen LogP contribution in [0.3, 0.4) is 0 Å². The molecule has 168 valence electrons. The molecule has 0 amide bonds. The van der Waals surface area contributed by atoms with E-state index in [0.717, 1.165) is 37.7 Å². The van der Waals surface area contributed by atoms with Crippen molar-refractivity contribution in [2.45, 2.75) is 105 Å². The SMILES string of the molecule is CC(C)=CC(=O)C[C@@](C)(O)[C@H]1CC[C@]2(C)[C@@H]1C[C@H]1OC(=O)C[C@@]3(C)CCC[C@]2(C)[C@H]13. The lowest BCUT2D eigenvalue weighted by molar-refractivity contribution is -0.241. The van der Waals surface area contributed by atoms with E-state index in [1.807, 2.05) is 20.8 Å². The fourth-order valence-corrected chi connectivity index (χ4v) is 8.70. The highest BCUT2D eigenvalue weighted by atomic mass is 16.5. The molecule has 0 bridgehead atoms. The normalized spacial score (nSPS) is 46.8. The van der Waals surface area contributed by atoms with E-state index in [4.69, 9.17) is 4.74 Å². The van der Waals surface area contributed by atoms with Crippen LogP contribution >= 0.6 is 0 Å². The van der Waals surface area contributed by atoms with Crippen molar-refractivity contribution in [3.63, 3.8) is 0 Å². The molecule has 0 unspecified atom stereocenters. The Hall–Kier alpha value is -1.16. The van der Waals surface area contributed by atoms with Gasteiger partial charge in [0, 0.05) is 12.3 Å². The second-order valence-corrected chi connectivity index (χ2v) is 12.2. The number of fused-ring (bicyclic) bond motifs is 2. The molecule has 3 saturated carbocycles. The Labute approximate surface area is 181 Å². The molecular weight excluding hydrogens is 376 g/mol. The molecule has 1 N–H and O–H groups in total. The molecule has 1 aliphatic heterocycles. The van der Waals surface area contributed by atoms with Crippen molar-refractivity contribution in [2.24, 2.45) is 34.0 Å². The number of allylic oxidation sites excluding steroid dienone is 2. The van der Waals surface area contributed by atoms with Gasteiger partial charge in [0.15, 0.2) is 5.78 Å². The number of aliphatic hydroxyl groups is 1. The number of carbonyl (C=O) groups is 2. The molecule has 4 heteroatoms. The van der Waals surface area contributed by atoms with Gasteiger partial charge in [-0.15, -0.1) is 0 Å². The summed E-state index contributed by atoms with van der Waals surface area (Å²) in [5, 5.41) is 11.5. The molecule has 1 heterocycles. The van der Waals surface area contributed by atoms with Gasteiger partial charge in [-0.05, 0) is 87.0 Å². The number of hydrogen-bond donors (Lipinski definition) is 1. The van der Waals surface area contributed by atoms with E-state index in [2.05, 4.69) is 20.8 Å². The zero-order valence-electron chi connectivity index (χ0n) is 19.7. The Morgan fingerprint density at radius 1 is 1.20 bits per heavy atom. The number of esters is 1. The predicted octanol–water partition coefficient (Wildman–Crippen LogP) is 5.23. The van der Waals surface area contributed by atoms with Crippen molar-refractivity contribution in [2.75, 3.05) is 0 Å². The summed E-state index contributed by atoms with van der Waals surface area (Å²) >= 11 is 0. The molecule has 4 nitrogen and oxygen atoms in total. The molecule has 0 spiro atoms. The van der Waals surface area contributed by atoms with Crippen LogP contribution < -0.4 is 0 Å². The first kappa shape index (κ1) is 22.0. The molecule has 30 heavy (non-hydrogen) atoms. The summed E-state index contributed by atoms with van der Waals surface area (Å²) < 4.78 is 6.01. The number of carbonyl (C=O) groups excluding carboxylic acids is 2. The molecule has 3 aliphatic carbocycles. The highest BCUT2D eigenvalue weighted by Crippen LogP contribution is 2.73. The van der Waals surface area contributed by atoms with Crippen molar-refractivity contribution in [1.29, 1.82) is 0 Å². The highest BCUT2D eigenvalue weighted by Gasteiger charge is 2.70. The van der Waals surface area contributed by atoms with E-state index >= 15 is 0 Å². The van der Waals surface area contributed by atoms with Crippen molar-refractivity contribution in [3.05, 3.63) is 11.6 Å². The van der Waals surface area contributed by atoms with Crippen molar-refractivity contribution in [1.82, 2.24) is 0 Å². The maximum Gasteiger partial charge on any atom is 0.306 e. The fraction of sp³-hybridized carbons (Fsp3) is 0.846. The molecule has 4 fully saturated rings. The lowest BCUT2D eigenvalue weighted by atomic mass is 9.39. The largest absolute Gasteiger partial charge is 0.462 e. The van der Waals surface area contributed by atoms with Crippen LogP contribution in [0.1, 0.15) is 92.9 Å². The van der Waals surface area contributed by atoms with Gasteiger partial charge in [-0.3, -0.25) is 9.59 Å². The van der Waals surface area contributed by atoms with E-state index in [9.17, 15) is 14.7 Å². The molecule has 4 aliphatic rings. The minimum Gasteiger partial charge on any atom is -0.462 e. The van der Waals surface area contributed by atoms with Gasteiger partial charge in [0.25, 0.3) is 0 Å². The van der Waals surface area contributed by atoms with Crippen LogP contribution in [0, 0.1) is 34.0 Å². The molecular formula is C26H40O4. The maximum atomic E-state index is 12.5. The Morgan fingerprint density at radius 2 is 1.90 bits per heavy atom. The topological polar surface area (TPSA) is 63.6 Å². The third-order valence-electron chi connectivity index (χ3n) is 9.93. The number of hydrogen-bond acceptors (Lipinski definition) is 4. The van der Waals surface area contributed by atoms with Gasteiger partial charge >= 0.3 is 5.97 Å². The van der Waals surface area contributed by atoms with Crippen LogP contribution in [-0.4, -0.2) is 28.6 Å².